The van der Waals surface area contributed by atoms with E-state index in [0.717, 1.165) is 26.9 Å². The van der Waals surface area contributed by atoms with Crippen molar-refractivity contribution in [3.05, 3.63) is 121 Å². The summed E-state index contributed by atoms with van der Waals surface area (Å²) in [6.07, 6.45) is 6.65. The highest BCUT2D eigenvalue weighted by Gasteiger charge is 2.22. The van der Waals surface area contributed by atoms with Crippen LogP contribution in [0.1, 0.15) is 52.9 Å². The predicted octanol–water partition coefficient (Wildman–Crippen LogP) is 6.88. The molecule has 0 fully saturated rings. The Balaban J connectivity index is 0.000000269. The molecule has 6 aromatic rings. The zero-order chi connectivity index (χ0) is 33.4. The molecule has 2 aromatic carbocycles. The van der Waals surface area contributed by atoms with Gasteiger partial charge >= 0.3 is 0 Å². The van der Waals surface area contributed by atoms with Gasteiger partial charge in [0.1, 0.15) is 0 Å². The van der Waals surface area contributed by atoms with E-state index >= 15 is 0 Å². The molecule has 45 heavy (non-hydrogen) atoms. The Hall–Kier alpha value is -4.16. The fourth-order valence-corrected chi connectivity index (χ4v) is 7.14. The van der Waals surface area contributed by atoms with Gasteiger partial charge in [0.05, 0.1) is 20.8 Å². The van der Waals surface area contributed by atoms with Crippen molar-refractivity contribution in [2.24, 2.45) is 11.5 Å². The SMILES string of the molecule is CC.CC.CC.NCc1cc2cnccc2n1S(=O)(=O)c1ccccc1.NCc1cc2cnccc2n1S(=O)c1ccccc1. The molecule has 11 heteroatoms. The van der Waals surface area contributed by atoms with Crippen molar-refractivity contribution in [3.63, 3.8) is 0 Å². The van der Waals surface area contributed by atoms with Crippen molar-refractivity contribution in [3.8, 4) is 0 Å². The Labute approximate surface area is 269 Å². The normalized spacial score (nSPS) is 11.0. The van der Waals surface area contributed by atoms with Gasteiger partial charge in [0, 0.05) is 60.0 Å². The quantitative estimate of drug-likeness (QED) is 0.201. The van der Waals surface area contributed by atoms with Gasteiger partial charge in [-0.3, -0.25) is 13.9 Å². The van der Waals surface area contributed by atoms with E-state index in [-0.39, 0.29) is 11.4 Å². The van der Waals surface area contributed by atoms with E-state index in [9.17, 15) is 12.6 Å². The fraction of sp³-hybridized carbons (Fsp3) is 0.235. The highest BCUT2D eigenvalue weighted by Crippen LogP contribution is 2.25. The second-order valence-electron chi connectivity index (χ2n) is 8.49. The molecule has 1 unspecified atom stereocenters. The Bertz CT molecular complexity index is 1870. The maximum Gasteiger partial charge on any atom is 0.268 e. The van der Waals surface area contributed by atoms with E-state index in [1.54, 1.807) is 71.2 Å². The van der Waals surface area contributed by atoms with Crippen LogP contribution in [0.2, 0.25) is 0 Å². The second-order valence-corrected chi connectivity index (χ2v) is 11.6. The lowest BCUT2D eigenvalue weighted by Crippen LogP contribution is -2.17. The van der Waals surface area contributed by atoms with Crippen LogP contribution in [0, 0.1) is 0 Å². The predicted molar refractivity (Wildman–Crippen MR) is 187 cm³/mol. The van der Waals surface area contributed by atoms with Crippen molar-refractivity contribution >= 4 is 42.8 Å². The Kier molecular flexibility index (Phi) is 15.3. The van der Waals surface area contributed by atoms with Gasteiger partial charge in [-0.05, 0) is 48.5 Å². The molecule has 4 aromatic heterocycles. The van der Waals surface area contributed by atoms with E-state index in [1.807, 2.05) is 84.0 Å². The average Bonchev–Trinajstić information content (AvgIpc) is 3.70. The number of aromatic nitrogens is 4. The summed E-state index contributed by atoms with van der Waals surface area (Å²) < 4.78 is 41.3. The molecule has 6 rings (SSSR count). The Morgan fingerprint density at radius 3 is 1.67 bits per heavy atom. The summed E-state index contributed by atoms with van der Waals surface area (Å²) in [7, 11) is -4.95. The maximum absolute atomic E-state index is 12.8. The molecule has 0 amide bonds. The van der Waals surface area contributed by atoms with Gasteiger partial charge < -0.3 is 11.5 Å². The van der Waals surface area contributed by atoms with Gasteiger partial charge in [-0.1, -0.05) is 77.9 Å². The van der Waals surface area contributed by atoms with Crippen LogP contribution < -0.4 is 11.5 Å². The average molecular weight is 649 g/mol. The number of fused-ring (bicyclic) bond motifs is 2. The van der Waals surface area contributed by atoms with Crippen LogP contribution in [-0.4, -0.2) is 30.5 Å². The lowest BCUT2D eigenvalue weighted by Gasteiger charge is -2.10. The molecule has 1 atom stereocenters. The monoisotopic (exact) mass is 648 g/mol. The van der Waals surface area contributed by atoms with Crippen molar-refractivity contribution in [1.29, 1.82) is 0 Å². The van der Waals surface area contributed by atoms with Gasteiger partial charge in [-0.2, -0.15) is 0 Å². The molecule has 4 heterocycles. The first-order valence-electron chi connectivity index (χ1n) is 15.0. The molecule has 9 nitrogen and oxygen atoms in total. The van der Waals surface area contributed by atoms with Crippen molar-refractivity contribution in [2.45, 2.75) is 64.4 Å². The summed E-state index contributed by atoms with van der Waals surface area (Å²) in [4.78, 5) is 9.08. The molecule has 240 valence electrons. The Morgan fingerprint density at radius 2 is 1.13 bits per heavy atom. The van der Waals surface area contributed by atoms with Crippen LogP contribution >= 0.6 is 0 Å². The summed E-state index contributed by atoms with van der Waals surface area (Å²) >= 11 is 0. The fourth-order valence-electron chi connectivity index (χ4n) is 4.28. The second kappa shape index (κ2) is 18.6. The number of rotatable bonds is 6. The standard InChI is InChI=1S/C14H13N3O2S.C14H13N3OS.3C2H6/c15-9-12-8-11-10-16-7-6-14(11)17(12)20(18,19)13-4-2-1-3-5-13;15-9-12-8-11-10-16-7-6-14(11)17(12)19(18)13-4-2-1-3-5-13;3*1-2/h1-8,10H,9,15H2;1-8,10H,9,15H2;3*1-2H3. The minimum atomic E-state index is -3.66. The Morgan fingerprint density at radius 1 is 0.667 bits per heavy atom. The van der Waals surface area contributed by atoms with Crippen LogP contribution in [0.5, 0.6) is 0 Å². The van der Waals surface area contributed by atoms with Crippen LogP contribution in [0.25, 0.3) is 21.8 Å². The molecule has 4 N–H and O–H groups in total. The molecule has 0 radical (unpaired) electrons. The smallest absolute Gasteiger partial charge is 0.268 e. The molecule has 0 spiro atoms. The van der Waals surface area contributed by atoms with Crippen LogP contribution in [-0.2, 0) is 34.1 Å². The molecule has 0 aliphatic carbocycles. The highest BCUT2D eigenvalue weighted by atomic mass is 32.2. The maximum atomic E-state index is 12.8. The number of hydrogen-bond donors (Lipinski definition) is 2. The molecular weight excluding hydrogens is 605 g/mol. The summed E-state index contributed by atoms with van der Waals surface area (Å²) in [5.74, 6) is 0. The molecule has 0 bridgehead atoms. The summed E-state index contributed by atoms with van der Waals surface area (Å²) in [5, 5.41) is 1.71. The summed E-state index contributed by atoms with van der Waals surface area (Å²) in [5.41, 5.74) is 14.3. The van der Waals surface area contributed by atoms with Crippen LogP contribution in [0.15, 0.2) is 120 Å². The minimum absolute atomic E-state index is 0.140. The van der Waals surface area contributed by atoms with Gasteiger partial charge in [0.15, 0.2) is 11.0 Å². The third-order valence-electron chi connectivity index (χ3n) is 6.07. The first-order valence-corrected chi connectivity index (χ1v) is 17.6. The van der Waals surface area contributed by atoms with E-state index in [2.05, 4.69) is 9.97 Å². The zero-order valence-electron chi connectivity index (χ0n) is 26.8. The topological polar surface area (TPSA) is 139 Å². The van der Waals surface area contributed by atoms with Crippen molar-refractivity contribution < 1.29 is 12.6 Å². The number of nitrogens with zero attached hydrogens (tertiary/aromatic N) is 4. The van der Waals surface area contributed by atoms with Gasteiger partial charge in [-0.25, -0.2) is 16.6 Å². The van der Waals surface area contributed by atoms with E-state index in [4.69, 9.17) is 11.5 Å². The van der Waals surface area contributed by atoms with Gasteiger partial charge in [0.25, 0.3) is 10.0 Å². The number of hydrogen-bond acceptors (Lipinski definition) is 7. The molecule has 0 saturated carbocycles. The van der Waals surface area contributed by atoms with Crippen molar-refractivity contribution in [2.75, 3.05) is 0 Å². The lowest BCUT2D eigenvalue weighted by molar-refractivity contribution is 0.587. The summed E-state index contributed by atoms with van der Waals surface area (Å²) in [6.45, 7) is 12.5. The van der Waals surface area contributed by atoms with E-state index in [1.165, 1.54) is 3.97 Å². The molecule has 0 aliphatic rings. The minimum Gasteiger partial charge on any atom is -0.325 e. The van der Waals surface area contributed by atoms with Crippen molar-refractivity contribution in [1.82, 2.24) is 17.9 Å². The highest BCUT2D eigenvalue weighted by molar-refractivity contribution is 7.90. The summed E-state index contributed by atoms with van der Waals surface area (Å²) in [6, 6.07) is 24.9. The van der Waals surface area contributed by atoms with Crippen LogP contribution in [0.3, 0.4) is 0 Å². The largest absolute Gasteiger partial charge is 0.325 e. The lowest BCUT2D eigenvalue weighted by atomic mass is 10.3. The first kappa shape index (κ1) is 37.0. The van der Waals surface area contributed by atoms with Crippen LogP contribution in [0.4, 0.5) is 0 Å². The third-order valence-corrected chi connectivity index (χ3v) is 9.29. The molecule has 0 aliphatic heterocycles. The number of benzene rings is 2. The zero-order valence-corrected chi connectivity index (χ0v) is 28.4. The molecule has 0 saturated heterocycles. The van der Waals surface area contributed by atoms with Gasteiger partial charge in [-0.15, -0.1) is 0 Å². The number of pyridine rings is 2. The van der Waals surface area contributed by atoms with E-state index < -0.39 is 21.0 Å². The van der Waals surface area contributed by atoms with Gasteiger partial charge in [0.2, 0.25) is 0 Å². The first-order chi connectivity index (χ1) is 22.0. The van der Waals surface area contributed by atoms with E-state index in [0.29, 0.717) is 17.8 Å². The third kappa shape index (κ3) is 8.52. The molecular formula is C34H44N6O3S2. The number of nitrogens with two attached hydrogens (primary N) is 2.